The summed E-state index contributed by atoms with van der Waals surface area (Å²) in [6.07, 6.45) is 1.94. The van der Waals surface area contributed by atoms with Crippen LogP contribution in [0.25, 0.3) is 0 Å². The Kier molecular flexibility index (Phi) is 6.02. The van der Waals surface area contributed by atoms with Crippen LogP contribution < -0.4 is 0 Å². The zero-order valence-electron chi connectivity index (χ0n) is 13.8. The second-order valence-electron chi connectivity index (χ2n) is 6.21. The summed E-state index contributed by atoms with van der Waals surface area (Å²) in [5.41, 5.74) is 0.961. The first-order chi connectivity index (χ1) is 11.0. The highest BCUT2D eigenvalue weighted by molar-refractivity contribution is 5.70. The molecule has 3 atom stereocenters. The molecule has 5 nitrogen and oxygen atoms in total. The third-order valence-electron chi connectivity index (χ3n) is 4.76. The van der Waals surface area contributed by atoms with Crippen molar-refractivity contribution in [1.82, 2.24) is 4.90 Å². The fourth-order valence-corrected chi connectivity index (χ4v) is 3.17. The highest BCUT2D eigenvalue weighted by Crippen LogP contribution is 2.31. The molecule has 3 unspecified atom stereocenters. The summed E-state index contributed by atoms with van der Waals surface area (Å²) < 4.78 is 5.41. The number of nitrogens with zero attached hydrogens (tertiary/aromatic N) is 1. The standard InChI is InChI=1S/C18H25NO4/c1-3-16-11-15(13(2)17(20)21)9-10-19(16)18(22)23-12-14-7-5-4-6-8-14/h4-8,13,15-16H,3,9-12H2,1-2H3,(H,20,21). The van der Waals surface area contributed by atoms with E-state index in [9.17, 15) is 14.7 Å². The van der Waals surface area contributed by atoms with Crippen LogP contribution in [0.15, 0.2) is 30.3 Å². The number of likely N-dealkylation sites (tertiary alicyclic amines) is 1. The molecule has 0 saturated carbocycles. The summed E-state index contributed by atoms with van der Waals surface area (Å²) in [6, 6.07) is 9.65. The van der Waals surface area contributed by atoms with Crippen LogP contribution in [-0.4, -0.2) is 34.7 Å². The first kappa shape index (κ1) is 17.3. The van der Waals surface area contributed by atoms with Gasteiger partial charge in [-0.1, -0.05) is 44.2 Å². The predicted octanol–water partition coefficient (Wildman–Crippen LogP) is 3.53. The second-order valence-corrected chi connectivity index (χ2v) is 6.21. The Morgan fingerprint density at radius 1 is 1.35 bits per heavy atom. The minimum Gasteiger partial charge on any atom is -0.481 e. The lowest BCUT2D eigenvalue weighted by atomic mass is 9.81. The number of piperidine rings is 1. The van der Waals surface area contributed by atoms with Crippen molar-refractivity contribution >= 4 is 12.1 Å². The average molecular weight is 319 g/mol. The minimum atomic E-state index is -0.759. The SMILES string of the molecule is CCC1CC(C(C)C(=O)O)CCN1C(=O)OCc1ccccc1. The van der Waals surface area contributed by atoms with Crippen molar-refractivity contribution < 1.29 is 19.4 Å². The lowest BCUT2D eigenvalue weighted by Crippen LogP contribution is -2.47. The summed E-state index contributed by atoms with van der Waals surface area (Å²) in [4.78, 5) is 25.3. The van der Waals surface area contributed by atoms with Crippen LogP contribution in [0.5, 0.6) is 0 Å². The molecule has 1 aromatic carbocycles. The van der Waals surface area contributed by atoms with Gasteiger partial charge in [-0.05, 0) is 30.7 Å². The number of carboxylic acids is 1. The molecule has 1 heterocycles. The van der Waals surface area contributed by atoms with Gasteiger partial charge in [-0.25, -0.2) is 4.79 Å². The van der Waals surface area contributed by atoms with Crippen molar-refractivity contribution in [2.24, 2.45) is 11.8 Å². The highest BCUT2D eigenvalue weighted by atomic mass is 16.6. The van der Waals surface area contributed by atoms with Gasteiger partial charge < -0.3 is 14.7 Å². The molecule has 1 N–H and O–H groups in total. The van der Waals surface area contributed by atoms with Crippen molar-refractivity contribution in [1.29, 1.82) is 0 Å². The Balaban J connectivity index is 1.91. The molecule has 126 valence electrons. The van der Waals surface area contributed by atoms with E-state index in [0.29, 0.717) is 13.0 Å². The second kappa shape index (κ2) is 7.99. The lowest BCUT2D eigenvalue weighted by molar-refractivity contribution is -0.143. The zero-order valence-corrected chi connectivity index (χ0v) is 13.8. The van der Waals surface area contributed by atoms with Crippen molar-refractivity contribution in [3.05, 3.63) is 35.9 Å². The van der Waals surface area contributed by atoms with Crippen molar-refractivity contribution in [3.8, 4) is 0 Å². The third-order valence-corrected chi connectivity index (χ3v) is 4.76. The number of rotatable bonds is 5. The average Bonchev–Trinajstić information content (AvgIpc) is 2.59. The van der Waals surface area contributed by atoms with Crippen LogP contribution >= 0.6 is 0 Å². The molecule has 1 saturated heterocycles. The van der Waals surface area contributed by atoms with Crippen LogP contribution in [0.1, 0.15) is 38.7 Å². The van der Waals surface area contributed by atoms with Gasteiger partial charge in [0.2, 0.25) is 0 Å². The molecule has 0 radical (unpaired) electrons. The normalized spacial score (nSPS) is 22.4. The minimum absolute atomic E-state index is 0.0545. The maximum atomic E-state index is 12.3. The van der Waals surface area contributed by atoms with Gasteiger partial charge in [0.25, 0.3) is 0 Å². The molecule has 0 aromatic heterocycles. The fourth-order valence-electron chi connectivity index (χ4n) is 3.17. The van der Waals surface area contributed by atoms with Gasteiger partial charge >= 0.3 is 12.1 Å². The van der Waals surface area contributed by atoms with E-state index in [2.05, 4.69) is 0 Å². The van der Waals surface area contributed by atoms with Crippen molar-refractivity contribution in [2.45, 2.75) is 45.8 Å². The molecule has 1 aromatic rings. The lowest BCUT2D eigenvalue weighted by Gasteiger charge is -2.39. The Bertz CT molecular complexity index is 531. The van der Waals surface area contributed by atoms with E-state index in [0.717, 1.165) is 18.4 Å². The van der Waals surface area contributed by atoms with Crippen LogP contribution in [0.4, 0.5) is 4.79 Å². The molecule has 2 rings (SSSR count). The van der Waals surface area contributed by atoms with Gasteiger partial charge in [0, 0.05) is 12.6 Å². The first-order valence-corrected chi connectivity index (χ1v) is 8.23. The number of hydrogen-bond acceptors (Lipinski definition) is 3. The molecule has 1 amide bonds. The molecular formula is C18H25NO4. The fraction of sp³-hybridized carbons (Fsp3) is 0.556. The number of carboxylic acid groups (broad SMARTS) is 1. The first-order valence-electron chi connectivity index (χ1n) is 8.23. The van der Waals surface area contributed by atoms with Crippen molar-refractivity contribution in [3.63, 3.8) is 0 Å². The van der Waals surface area contributed by atoms with Gasteiger partial charge in [0.05, 0.1) is 5.92 Å². The number of ether oxygens (including phenoxy) is 1. The summed E-state index contributed by atoms with van der Waals surface area (Å²) in [5.74, 6) is -1.01. The molecule has 1 aliphatic rings. The quantitative estimate of drug-likeness (QED) is 0.901. The van der Waals surface area contributed by atoms with Crippen LogP contribution in [0.2, 0.25) is 0 Å². The Morgan fingerprint density at radius 2 is 2.04 bits per heavy atom. The van der Waals surface area contributed by atoms with Gasteiger partial charge in [-0.15, -0.1) is 0 Å². The third kappa shape index (κ3) is 4.47. The number of amides is 1. The van der Waals surface area contributed by atoms with Crippen LogP contribution in [0.3, 0.4) is 0 Å². The maximum absolute atomic E-state index is 12.3. The summed E-state index contributed by atoms with van der Waals surface area (Å²) >= 11 is 0. The largest absolute Gasteiger partial charge is 0.481 e. The molecule has 1 fully saturated rings. The van der Waals surface area contributed by atoms with Gasteiger partial charge in [-0.2, -0.15) is 0 Å². The molecule has 0 spiro atoms. The van der Waals surface area contributed by atoms with Crippen LogP contribution in [-0.2, 0) is 16.1 Å². The summed E-state index contributed by atoms with van der Waals surface area (Å²) in [7, 11) is 0. The molecule has 1 aliphatic heterocycles. The zero-order chi connectivity index (χ0) is 16.8. The Hall–Kier alpha value is -2.04. The maximum Gasteiger partial charge on any atom is 0.410 e. The molecule has 0 aliphatic carbocycles. The van der Waals surface area contributed by atoms with Gasteiger partial charge in [0.15, 0.2) is 0 Å². The predicted molar refractivity (Wildman–Crippen MR) is 86.9 cm³/mol. The monoisotopic (exact) mass is 319 g/mol. The van der Waals surface area contributed by atoms with E-state index in [1.54, 1.807) is 11.8 Å². The summed E-state index contributed by atoms with van der Waals surface area (Å²) in [5, 5.41) is 9.17. The number of carbonyl (C=O) groups excluding carboxylic acids is 1. The smallest absolute Gasteiger partial charge is 0.410 e. The molecule has 5 heteroatoms. The number of carbonyl (C=O) groups is 2. The van der Waals surface area contributed by atoms with E-state index in [-0.39, 0.29) is 30.6 Å². The number of hydrogen-bond donors (Lipinski definition) is 1. The van der Waals surface area contributed by atoms with E-state index in [1.807, 2.05) is 37.3 Å². The van der Waals surface area contributed by atoms with E-state index < -0.39 is 5.97 Å². The summed E-state index contributed by atoms with van der Waals surface area (Å²) in [6.45, 7) is 4.61. The molecular weight excluding hydrogens is 294 g/mol. The van der Waals surface area contributed by atoms with Gasteiger partial charge in [-0.3, -0.25) is 4.79 Å². The number of aliphatic carboxylic acids is 1. The van der Waals surface area contributed by atoms with E-state index >= 15 is 0 Å². The van der Waals surface area contributed by atoms with E-state index in [4.69, 9.17) is 4.74 Å². The van der Waals surface area contributed by atoms with E-state index in [1.165, 1.54) is 0 Å². The van der Waals surface area contributed by atoms with Gasteiger partial charge in [0.1, 0.15) is 6.61 Å². The van der Waals surface area contributed by atoms with Crippen LogP contribution in [0, 0.1) is 11.8 Å². The Labute approximate surface area is 137 Å². The number of benzene rings is 1. The van der Waals surface area contributed by atoms with Crippen molar-refractivity contribution in [2.75, 3.05) is 6.54 Å². The molecule has 23 heavy (non-hydrogen) atoms. The highest BCUT2D eigenvalue weighted by Gasteiger charge is 2.35. The topological polar surface area (TPSA) is 66.8 Å². The molecule has 0 bridgehead atoms. The Morgan fingerprint density at radius 3 is 2.65 bits per heavy atom.